The maximum Gasteiger partial charge on any atom is 0.261 e. The number of amides is 1. The van der Waals surface area contributed by atoms with Crippen molar-refractivity contribution < 1.29 is 4.79 Å². The topological polar surface area (TPSA) is 41.1 Å². The summed E-state index contributed by atoms with van der Waals surface area (Å²) in [6.07, 6.45) is 2.08. The van der Waals surface area contributed by atoms with E-state index in [0.29, 0.717) is 6.04 Å². The summed E-state index contributed by atoms with van der Waals surface area (Å²) in [5.74, 6) is 0.0920. The molecule has 2 N–H and O–H groups in total. The van der Waals surface area contributed by atoms with E-state index in [9.17, 15) is 4.79 Å². The fourth-order valence-electron chi connectivity index (χ4n) is 1.82. The van der Waals surface area contributed by atoms with Crippen LogP contribution in [0.15, 0.2) is 11.4 Å². The number of nitrogens with one attached hydrogen (secondary N) is 2. The van der Waals surface area contributed by atoms with E-state index in [1.807, 2.05) is 18.4 Å². The van der Waals surface area contributed by atoms with Gasteiger partial charge in [0.2, 0.25) is 0 Å². The summed E-state index contributed by atoms with van der Waals surface area (Å²) in [6.45, 7) is 4.00. The molecule has 2 rings (SSSR count). The van der Waals surface area contributed by atoms with Crippen LogP contribution in [0.25, 0.3) is 0 Å². The maximum absolute atomic E-state index is 11.9. The zero-order valence-corrected chi connectivity index (χ0v) is 10.9. The lowest BCUT2D eigenvalue weighted by atomic mass is 10.1. The van der Waals surface area contributed by atoms with Gasteiger partial charge in [0, 0.05) is 6.04 Å². The normalized spacial score (nSPS) is 16.6. The molecule has 1 amide bonds. The summed E-state index contributed by atoms with van der Waals surface area (Å²) < 4.78 is 0. The molecule has 2 heterocycles. The van der Waals surface area contributed by atoms with Gasteiger partial charge in [0.1, 0.15) is 0 Å². The number of carbonyl (C=O) groups is 1. The molecule has 3 nitrogen and oxygen atoms in total. The van der Waals surface area contributed by atoms with Crippen molar-refractivity contribution in [2.45, 2.75) is 25.8 Å². The molecule has 0 aromatic carbocycles. The van der Waals surface area contributed by atoms with Crippen LogP contribution < -0.4 is 10.6 Å². The Morgan fingerprint density at radius 1 is 1.50 bits per heavy atom. The molecule has 0 bridgehead atoms. The minimum Gasteiger partial charge on any atom is -0.349 e. The molecule has 1 aromatic heterocycles. The van der Waals surface area contributed by atoms with Crippen molar-refractivity contribution in [3.05, 3.63) is 21.9 Å². The molecule has 0 atom stereocenters. The minimum absolute atomic E-state index is 0. The number of rotatable bonds is 2. The molecular weight excluding hydrogens is 244 g/mol. The van der Waals surface area contributed by atoms with Crippen molar-refractivity contribution in [2.24, 2.45) is 0 Å². The van der Waals surface area contributed by atoms with E-state index in [0.717, 1.165) is 36.4 Å². The molecule has 90 valence electrons. The number of piperidine rings is 1. The Balaban J connectivity index is 0.00000128. The van der Waals surface area contributed by atoms with Gasteiger partial charge in [-0.15, -0.1) is 23.7 Å². The lowest BCUT2D eigenvalue weighted by Crippen LogP contribution is -2.42. The van der Waals surface area contributed by atoms with Crippen molar-refractivity contribution >= 4 is 29.7 Å². The second kappa shape index (κ2) is 6.23. The van der Waals surface area contributed by atoms with Gasteiger partial charge in [0.05, 0.1) is 4.88 Å². The van der Waals surface area contributed by atoms with Crippen molar-refractivity contribution in [3.63, 3.8) is 0 Å². The SMILES string of the molecule is Cc1ccsc1C(=O)NC1CCNCC1.Cl. The van der Waals surface area contributed by atoms with Gasteiger partial charge in [-0.2, -0.15) is 0 Å². The van der Waals surface area contributed by atoms with Crippen LogP contribution in [-0.2, 0) is 0 Å². The van der Waals surface area contributed by atoms with Crippen LogP contribution in [0.5, 0.6) is 0 Å². The van der Waals surface area contributed by atoms with Gasteiger partial charge >= 0.3 is 0 Å². The monoisotopic (exact) mass is 260 g/mol. The van der Waals surface area contributed by atoms with Crippen LogP contribution in [0.1, 0.15) is 28.1 Å². The van der Waals surface area contributed by atoms with Gasteiger partial charge in [-0.1, -0.05) is 0 Å². The fourth-order valence-corrected chi connectivity index (χ4v) is 2.65. The van der Waals surface area contributed by atoms with E-state index in [1.54, 1.807) is 0 Å². The van der Waals surface area contributed by atoms with Gasteiger partial charge in [-0.05, 0) is 49.9 Å². The molecule has 1 fully saturated rings. The van der Waals surface area contributed by atoms with Crippen LogP contribution in [0.3, 0.4) is 0 Å². The Labute approximate surface area is 106 Å². The first-order valence-corrected chi connectivity index (χ1v) is 6.21. The molecule has 0 spiro atoms. The molecule has 5 heteroatoms. The molecule has 1 aliphatic rings. The summed E-state index contributed by atoms with van der Waals surface area (Å²) in [5.41, 5.74) is 1.08. The number of hydrogen-bond donors (Lipinski definition) is 2. The number of thiophene rings is 1. The second-order valence-electron chi connectivity index (χ2n) is 3.93. The average molecular weight is 261 g/mol. The molecule has 0 aliphatic carbocycles. The first-order valence-electron chi connectivity index (χ1n) is 5.33. The average Bonchev–Trinajstić information content (AvgIpc) is 2.66. The Bertz CT molecular complexity index is 348. The predicted octanol–water partition coefficient (Wildman–Crippen LogP) is 1.96. The standard InChI is InChI=1S/C11H16N2OS.ClH/c1-8-4-7-15-10(8)11(14)13-9-2-5-12-6-3-9;/h4,7,9,12H,2-3,5-6H2,1H3,(H,13,14);1H. The van der Waals surface area contributed by atoms with E-state index in [2.05, 4.69) is 10.6 Å². The molecule has 1 aliphatic heterocycles. The quantitative estimate of drug-likeness (QED) is 0.854. The summed E-state index contributed by atoms with van der Waals surface area (Å²) in [7, 11) is 0. The summed E-state index contributed by atoms with van der Waals surface area (Å²) in [4.78, 5) is 12.7. The van der Waals surface area contributed by atoms with Gasteiger partial charge in [0.15, 0.2) is 0 Å². The van der Waals surface area contributed by atoms with Crippen LogP contribution in [0.4, 0.5) is 0 Å². The first kappa shape index (κ1) is 13.5. The zero-order chi connectivity index (χ0) is 10.7. The number of halogens is 1. The smallest absolute Gasteiger partial charge is 0.261 e. The molecule has 1 saturated heterocycles. The van der Waals surface area contributed by atoms with Crippen LogP contribution >= 0.6 is 23.7 Å². The van der Waals surface area contributed by atoms with E-state index in [1.165, 1.54) is 11.3 Å². The first-order chi connectivity index (χ1) is 7.27. The largest absolute Gasteiger partial charge is 0.349 e. The van der Waals surface area contributed by atoms with Gasteiger partial charge in [-0.25, -0.2) is 0 Å². The van der Waals surface area contributed by atoms with Crippen molar-refractivity contribution in [1.82, 2.24) is 10.6 Å². The third-order valence-corrected chi connectivity index (χ3v) is 3.76. The second-order valence-corrected chi connectivity index (χ2v) is 4.85. The zero-order valence-electron chi connectivity index (χ0n) is 9.29. The van der Waals surface area contributed by atoms with Crippen LogP contribution in [-0.4, -0.2) is 25.0 Å². The summed E-state index contributed by atoms with van der Waals surface area (Å²) in [6, 6.07) is 2.34. The Hall–Kier alpha value is -0.580. The van der Waals surface area contributed by atoms with Crippen LogP contribution in [0, 0.1) is 6.92 Å². The number of aryl methyl sites for hydroxylation is 1. The Morgan fingerprint density at radius 3 is 2.75 bits per heavy atom. The highest BCUT2D eigenvalue weighted by atomic mass is 35.5. The predicted molar refractivity (Wildman–Crippen MR) is 69.7 cm³/mol. The van der Waals surface area contributed by atoms with Gasteiger partial charge in [0.25, 0.3) is 5.91 Å². The van der Waals surface area contributed by atoms with E-state index >= 15 is 0 Å². The Morgan fingerprint density at radius 2 is 2.19 bits per heavy atom. The summed E-state index contributed by atoms with van der Waals surface area (Å²) >= 11 is 1.52. The molecule has 16 heavy (non-hydrogen) atoms. The summed E-state index contributed by atoms with van der Waals surface area (Å²) in [5, 5.41) is 8.34. The molecule has 0 unspecified atom stereocenters. The molecule has 0 saturated carbocycles. The lowest BCUT2D eigenvalue weighted by Gasteiger charge is -2.23. The minimum atomic E-state index is 0. The highest BCUT2D eigenvalue weighted by molar-refractivity contribution is 7.12. The number of hydrogen-bond acceptors (Lipinski definition) is 3. The number of carbonyl (C=O) groups excluding carboxylic acids is 1. The van der Waals surface area contributed by atoms with Crippen LogP contribution in [0.2, 0.25) is 0 Å². The molecular formula is C11H17ClN2OS. The van der Waals surface area contributed by atoms with Gasteiger partial charge < -0.3 is 10.6 Å². The highest BCUT2D eigenvalue weighted by Gasteiger charge is 2.17. The third-order valence-electron chi connectivity index (χ3n) is 2.74. The molecule has 1 aromatic rings. The Kier molecular flexibility index (Phi) is 5.25. The van der Waals surface area contributed by atoms with E-state index in [4.69, 9.17) is 0 Å². The highest BCUT2D eigenvalue weighted by Crippen LogP contribution is 2.16. The lowest BCUT2D eigenvalue weighted by molar-refractivity contribution is 0.0933. The molecule has 0 radical (unpaired) electrons. The van der Waals surface area contributed by atoms with Gasteiger partial charge in [-0.3, -0.25) is 4.79 Å². The van der Waals surface area contributed by atoms with Crippen molar-refractivity contribution in [3.8, 4) is 0 Å². The fraction of sp³-hybridized carbons (Fsp3) is 0.545. The van der Waals surface area contributed by atoms with E-state index in [-0.39, 0.29) is 18.3 Å². The third kappa shape index (κ3) is 3.20. The van der Waals surface area contributed by atoms with E-state index < -0.39 is 0 Å². The van der Waals surface area contributed by atoms with Crippen molar-refractivity contribution in [2.75, 3.05) is 13.1 Å². The maximum atomic E-state index is 11.9. The van der Waals surface area contributed by atoms with Crippen molar-refractivity contribution in [1.29, 1.82) is 0 Å².